The van der Waals surface area contributed by atoms with E-state index in [1.54, 1.807) is 53.6 Å². The normalized spacial score (nSPS) is 34.8. The van der Waals surface area contributed by atoms with Crippen molar-refractivity contribution in [1.29, 1.82) is 0 Å². The second kappa shape index (κ2) is 27.7. The van der Waals surface area contributed by atoms with E-state index >= 15 is 0 Å². The summed E-state index contributed by atoms with van der Waals surface area (Å²) in [4.78, 5) is 67.8. The predicted molar refractivity (Wildman–Crippen MR) is 248 cm³/mol. The smallest absolute Gasteiger partial charge is 0.309 e. The van der Waals surface area contributed by atoms with Crippen LogP contribution in [0.4, 0.5) is 0 Å². The number of benzene rings is 1. The molecule has 4 rings (SSSR count). The summed E-state index contributed by atoms with van der Waals surface area (Å²) in [6.45, 7) is 13.3. The van der Waals surface area contributed by atoms with E-state index in [1.807, 2.05) is 25.1 Å². The second-order valence-corrected chi connectivity index (χ2v) is 19.0. The van der Waals surface area contributed by atoms with Crippen molar-refractivity contribution in [2.45, 2.75) is 192 Å². The number of aliphatic hydroxyl groups is 2. The zero-order valence-corrected chi connectivity index (χ0v) is 42.0. The van der Waals surface area contributed by atoms with Gasteiger partial charge < -0.3 is 67.4 Å². The number of likely N-dealkylation sites (N-methyl/N-ethyl adjacent to an activating group) is 1. The first-order chi connectivity index (χ1) is 32.3. The molecule has 0 amide bonds. The number of carbonyl (C=O) groups excluding carboxylic acids is 5. The molecule has 0 spiro atoms. The average Bonchev–Trinajstić information content (AvgIpc) is 3.28. The molecule has 1 aromatic carbocycles. The number of unbranched alkanes of at least 4 members (excludes halogenated alkanes) is 1. The van der Waals surface area contributed by atoms with E-state index in [4.69, 9.17) is 42.6 Å². The Morgan fingerprint density at radius 3 is 2.26 bits per heavy atom. The number of esters is 4. The van der Waals surface area contributed by atoms with E-state index < -0.39 is 109 Å². The maximum atomic E-state index is 13.5. The zero-order chi connectivity index (χ0) is 50.1. The molecular formula is C50H80N2O16. The zero-order valence-electron chi connectivity index (χ0n) is 42.0. The van der Waals surface area contributed by atoms with Crippen molar-refractivity contribution in [3.63, 3.8) is 0 Å². The van der Waals surface area contributed by atoms with Crippen LogP contribution in [-0.4, -0.2) is 177 Å². The van der Waals surface area contributed by atoms with Crippen molar-refractivity contribution in [1.82, 2.24) is 9.80 Å². The molecule has 0 aliphatic carbocycles. The highest BCUT2D eigenvalue weighted by molar-refractivity contribution is 5.72. The number of β-amino-alcohol motifs (C(OH)–C–C–N with tert-alkyl or cyclic N) is 1. The first-order valence-electron chi connectivity index (χ1n) is 24.5. The fourth-order valence-corrected chi connectivity index (χ4v) is 9.79. The summed E-state index contributed by atoms with van der Waals surface area (Å²) in [6.07, 6.45) is -7.62. The van der Waals surface area contributed by atoms with Gasteiger partial charge in [0.25, 0.3) is 0 Å². The van der Waals surface area contributed by atoms with Crippen LogP contribution in [-0.2, 0) is 73.0 Å². The van der Waals surface area contributed by atoms with Gasteiger partial charge >= 0.3 is 23.9 Å². The Bertz CT molecular complexity index is 1720. The van der Waals surface area contributed by atoms with Crippen molar-refractivity contribution >= 4 is 30.2 Å². The number of nitrogens with zero attached hydrogens (tertiary/aromatic N) is 2. The summed E-state index contributed by atoms with van der Waals surface area (Å²) in [5.41, 5.74) is -0.0635. The minimum Gasteiger partial charge on any atom is -0.466 e. The van der Waals surface area contributed by atoms with Crippen LogP contribution >= 0.6 is 0 Å². The first-order valence-corrected chi connectivity index (χ1v) is 24.5. The van der Waals surface area contributed by atoms with Gasteiger partial charge in [-0.25, -0.2) is 0 Å². The van der Waals surface area contributed by atoms with Crippen LogP contribution in [0.1, 0.15) is 112 Å². The Kier molecular flexibility index (Phi) is 23.2. The number of hydrogen-bond acceptors (Lipinski definition) is 18. The second-order valence-electron chi connectivity index (χ2n) is 19.0. The van der Waals surface area contributed by atoms with Gasteiger partial charge in [0.15, 0.2) is 24.3 Å². The van der Waals surface area contributed by atoms with Crippen LogP contribution in [0.2, 0.25) is 0 Å². The monoisotopic (exact) mass is 965 g/mol. The fourth-order valence-electron chi connectivity index (χ4n) is 9.79. The highest BCUT2D eigenvalue weighted by atomic mass is 16.7. The summed E-state index contributed by atoms with van der Waals surface area (Å²) in [7, 11) is 4.90. The minimum atomic E-state index is -1.42. The van der Waals surface area contributed by atoms with E-state index in [-0.39, 0.29) is 51.0 Å². The van der Waals surface area contributed by atoms with Crippen molar-refractivity contribution < 1.29 is 76.8 Å². The number of ether oxygens (including phenoxy) is 9. The van der Waals surface area contributed by atoms with Crippen LogP contribution in [0.5, 0.6) is 0 Å². The third kappa shape index (κ3) is 16.5. The number of rotatable bonds is 18. The number of carbonyl (C=O) groups is 5. The highest BCUT2D eigenvalue weighted by Crippen LogP contribution is 2.39. The molecule has 18 nitrogen and oxygen atoms in total. The third-order valence-corrected chi connectivity index (χ3v) is 13.3. The van der Waals surface area contributed by atoms with E-state index in [1.165, 1.54) is 19.6 Å². The Labute approximate surface area is 402 Å². The lowest BCUT2D eigenvalue weighted by Crippen LogP contribution is -2.66. The van der Waals surface area contributed by atoms with Gasteiger partial charge in [-0.2, -0.15) is 0 Å². The van der Waals surface area contributed by atoms with Gasteiger partial charge in [0.1, 0.15) is 30.7 Å². The van der Waals surface area contributed by atoms with E-state index in [0.717, 1.165) is 25.5 Å². The third-order valence-electron chi connectivity index (χ3n) is 13.3. The van der Waals surface area contributed by atoms with Gasteiger partial charge in [0.2, 0.25) is 0 Å². The van der Waals surface area contributed by atoms with Crippen molar-refractivity contribution in [2.24, 2.45) is 11.8 Å². The summed E-state index contributed by atoms with van der Waals surface area (Å²) >= 11 is 0. The standard InChI is InChI=1S/C50H80N2O16/c1-11-39(56)64-38-28-41(58)61-26-18-24-52(23-17-16-21-35-19-14-13-15-20-35)30-37(55)31(3)27-36(22-25-53)46(47(38)60-10)67-49-44(59)43(51(8)9)45(32(4)63-49)66-42-29-50(7,68-34(6)54)48(33(5)62-42)65-40(57)12-2/h13-15,19-20,25,31-33,36-38,42-49,55,59H,11-12,16-18,21-24,26-30H2,1-10H3/t31-,32?,33?,36+,37+,38-,42+,43?,44?,45-,46+,47+,48-,49+,50?/m1/s1. The van der Waals surface area contributed by atoms with Crippen molar-refractivity contribution in [3.8, 4) is 0 Å². The summed E-state index contributed by atoms with van der Waals surface area (Å²) < 4.78 is 55.3. The van der Waals surface area contributed by atoms with Gasteiger partial charge in [-0.1, -0.05) is 51.1 Å². The van der Waals surface area contributed by atoms with Gasteiger partial charge in [-0.15, -0.1) is 0 Å². The quantitative estimate of drug-likeness (QED) is 0.0914. The molecule has 386 valence electrons. The van der Waals surface area contributed by atoms with E-state index in [9.17, 15) is 34.2 Å². The number of methoxy groups -OCH3 is 1. The summed E-state index contributed by atoms with van der Waals surface area (Å²) in [5, 5.41) is 24.1. The first kappa shape index (κ1) is 57.0. The minimum absolute atomic E-state index is 0.00237. The van der Waals surface area contributed by atoms with Gasteiger partial charge in [0.05, 0.1) is 43.5 Å². The van der Waals surface area contributed by atoms with Gasteiger partial charge in [0, 0.05) is 52.8 Å². The maximum absolute atomic E-state index is 13.5. The summed E-state index contributed by atoms with van der Waals surface area (Å²) in [6, 6.07) is 9.45. The molecule has 0 aromatic heterocycles. The molecule has 18 heteroatoms. The molecule has 2 N–H and O–H groups in total. The van der Waals surface area contributed by atoms with Crippen LogP contribution in [0.15, 0.2) is 30.3 Å². The number of aryl methyl sites for hydroxylation is 1. The average molecular weight is 965 g/mol. The number of hydrogen-bond donors (Lipinski definition) is 2. The maximum Gasteiger partial charge on any atom is 0.309 e. The molecule has 0 saturated carbocycles. The van der Waals surface area contributed by atoms with Crippen LogP contribution < -0.4 is 0 Å². The molecule has 0 radical (unpaired) electrons. The SMILES string of the molecule is CCC(=O)O[C@@H]1C(C)O[C@@H](O[C@@H]2C(C)O[C@@H](O[C@H]3[C@@H](CC=O)C[C@@H](C)[C@@H](O)CN(CCCCc4ccccc4)CCCOC(=O)C[C@@H](OC(=O)CC)[C@@H]3OC)C(O)C2N(C)C)CC1(C)OC(C)=O. The number of aldehydes is 1. The Hall–Kier alpha value is -3.59. The van der Waals surface area contributed by atoms with Crippen LogP contribution in [0, 0.1) is 11.8 Å². The molecule has 3 heterocycles. The molecule has 3 saturated heterocycles. The predicted octanol–water partition coefficient (Wildman–Crippen LogP) is 4.16. The van der Waals surface area contributed by atoms with Crippen molar-refractivity contribution in [3.05, 3.63) is 35.9 Å². The largest absolute Gasteiger partial charge is 0.466 e. The molecule has 3 aliphatic rings. The van der Waals surface area contributed by atoms with E-state index in [2.05, 4.69) is 17.0 Å². The number of aliphatic hydroxyl groups excluding tert-OH is 2. The molecular weight excluding hydrogens is 885 g/mol. The van der Waals surface area contributed by atoms with Gasteiger partial charge in [-0.3, -0.25) is 19.2 Å². The molecule has 0 bridgehead atoms. The highest BCUT2D eigenvalue weighted by Gasteiger charge is 2.54. The molecule has 15 atom stereocenters. The lowest BCUT2D eigenvalue weighted by atomic mass is 9.82. The molecule has 1 aromatic rings. The molecule has 3 fully saturated rings. The Balaban J connectivity index is 1.64. The topological polar surface area (TPSA) is 215 Å². The van der Waals surface area contributed by atoms with Crippen molar-refractivity contribution in [2.75, 3.05) is 47.4 Å². The fraction of sp³-hybridized carbons (Fsp3) is 0.780. The van der Waals surface area contributed by atoms with Crippen LogP contribution in [0.25, 0.3) is 0 Å². The summed E-state index contributed by atoms with van der Waals surface area (Å²) in [5.74, 6) is -3.37. The molecule has 68 heavy (non-hydrogen) atoms. The van der Waals surface area contributed by atoms with Crippen LogP contribution in [0.3, 0.4) is 0 Å². The number of cyclic esters (lactones) is 1. The Morgan fingerprint density at radius 1 is 0.941 bits per heavy atom. The van der Waals surface area contributed by atoms with Gasteiger partial charge in [-0.05, 0) is 90.9 Å². The lowest BCUT2D eigenvalue weighted by molar-refractivity contribution is -0.344. The molecule has 3 aliphatic heterocycles. The Morgan fingerprint density at radius 2 is 1.63 bits per heavy atom. The van der Waals surface area contributed by atoms with E-state index in [0.29, 0.717) is 26.1 Å². The molecule has 5 unspecified atom stereocenters. The lowest BCUT2D eigenvalue weighted by Gasteiger charge is -2.50.